The van der Waals surface area contributed by atoms with Gasteiger partial charge in [0.1, 0.15) is 6.17 Å². The number of carboxylic acids is 1. The zero-order valence-electron chi connectivity index (χ0n) is 13.9. The van der Waals surface area contributed by atoms with Crippen molar-refractivity contribution in [3.63, 3.8) is 0 Å². The molecule has 0 aliphatic rings. The van der Waals surface area contributed by atoms with Crippen LogP contribution in [0.2, 0.25) is 0 Å². The second-order valence-corrected chi connectivity index (χ2v) is 9.46. The summed E-state index contributed by atoms with van der Waals surface area (Å²) < 4.78 is -0.938. The summed E-state index contributed by atoms with van der Waals surface area (Å²) >= 11 is 25.2. The van der Waals surface area contributed by atoms with Crippen LogP contribution in [0.3, 0.4) is 0 Å². The van der Waals surface area contributed by atoms with Crippen molar-refractivity contribution < 1.29 is 14.7 Å². The van der Waals surface area contributed by atoms with Gasteiger partial charge in [0.15, 0.2) is 5.11 Å². The molecule has 2 aromatic rings. The second-order valence-electron chi connectivity index (χ2n) is 5.44. The predicted octanol–water partition coefficient (Wildman–Crippen LogP) is 4.40. The van der Waals surface area contributed by atoms with Gasteiger partial charge in [-0.25, -0.2) is 4.79 Å². The fourth-order valence-corrected chi connectivity index (χ4v) is 2.97. The third kappa shape index (κ3) is 6.93. The van der Waals surface area contributed by atoms with Gasteiger partial charge < -0.3 is 21.1 Å². The van der Waals surface area contributed by atoms with Crippen LogP contribution in [0, 0.1) is 3.57 Å². The van der Waals surface area contributed by atoms with Gasteiger partial charge in [0.05, 0.1) is 5.56 Å². The lowest BCUT2D eigenvalue weighted by Gasteiger charge is -2.27. The number of carboxylic acid groups (broad SMARTS) is 1. The van der Waals surface area contributed by atoms with Crippen LogP contribution in [0.4, 0.5) is 5.69 Å². The van der Waals surface area contributed by atoms with Crippen LogP contribution in [-0.2, 0) is 0 Å². The van der Waals surface area contributed by atoms with Gasteiger partial charge in [0, 0.05) is 14.8 Å². The van der Waals surface area contributed by atoms with Crippen molar-refractivity contribution in [2.45, 2.75) is 9.96 Å². The molecule has 0 unspecified atom stereocenters. The van der Waals surface area contributed by atoms with Crippen LogP contribution in [-0.4, -0.2) is 32.1 Å². The monoisotopic (exact) mass is 571 g/mol. The van der Waals surface area contributed by atoms with E-state index >= 15 is 0 Å². The molecule has 28 heavy (non-hydrogen) atoms. The molecule has 6 nitrogen and oxygen atoms in total. The Balaban J connectivity index is 2.08. The molecule has 1 atom stereocenters. The summed E-state index contributed by atoms with van der Waals surface area (Å²) in [6, 6.07) is 12.8. The minimum Gasteiger partial charge on any atom is -0.478 e. The number of halogens is 4. The topological polar surface area (TPSA) is 90.5 Å². The third-order valence-electron chi connectivity index (χ3n) is 3.35. The highest BCUT2D eigenvalue weighted by atomic mass is 127. The Morgan fingerprint density at radius 2 is 1.68 bits per heavy atom. The maximum absolute atomic E-state index is 12.4. The fraction of sp³-hybridized carbons (Fsp3) is 0.118. The van der Waals surface area contributed by atoms with E-state index < -0.39 is 21.8 Å². The van der Waals surface area contributed by atoms with E-state index in [-0.39, 0.29) is 10.7 Å². The van der Waals surface area contributed by atoms with Crippen molar-refractivity contribution in [2.75, 3.05) is 5.32 Å². The average Bonchev–Trinajstić information content (AvgIpc) is 2.61. The Labute approximate surface area is 195 Å². The van der Waals surface area contributed by atoms with E-state index in [4.69, 9.17) is 52.1 Å². The number of benzene rings is 2. The van der Waals surface area contributed by atoms with Crippen LogP contribution in [0.1, 0.15) is 20.7 Å². The molecule has 0 saturated carbocycles. The van der Waals surface area contributed by atoms with Crippen molar-refractivity contribution in [3.8, 4) is 0 Å². The summed E-state index contributed by atoms with van der Waals surface area (Å²) in [7, 11) is 0. The van der Waals surface area contributed by atoms with Gasteiger partial charge in [-0.3, -0.25) is 4.79 Å². The van der Waals surface area contributed by atoms with E-state index in [0.717, 1.165) is 3.57 Å². The number of hydrogen-bond donors (Lipinski definition) is 4. The Morgan fingerprint density at radius 3 is 2.25 bits per heavy atom. The minimum absolute atomic E-state index is 0.0294. The average molecular weight is 573 g/mol. The van der Waals surface area contributed by atoms with Gasteiger partial charge in [0.2, 0.25) is 3.79 Å². The van der Waals surface area contributed by atoms with Gasteiger partial charge in [-0.05, 0) is 77.3 Å². The van der Waals surface area contributed by atoms with Gasteiger partial charge in [-0.2, -0.15) is 0 Å². The van der Waals surface area contributed by atoms with Crippen LogP contribution in [0.15, 0.2) is 48.5 Å². The molecule has 2 rings (SSSR count). The van der Waals surface area contributed by atoms with Crippen molar-refractivity contribution in [2.24, 2.45) is 0 Å². The maximum atomic E-state index is 12.4. The quantitative estimate of drug-likeness (QED) is 0.184. The number of carbonyl (C=O) groups is 2. The molecular formula is C17H13Cl3IN3O3S. The Bertz CT molecular complexity index is 891. The van der Waals surface area contributed by atoms with Crippen molar-refractivity contribution in [1.29, 1.82) is 0 Å². The van der Waals surface area contributed by atoms with Gasteiger partial charge >= 0.3 is 5.97 Å². The number of aromatic carboxylic acids is 1. The first kappa shape index (κ1) is 23.0. The van der Waals surface area contributed by atoms with E-state index in [1.807, 2.05) is 0 Å². The Hall–Kier alpha value is -1.33. The fourth-order valence-electron chi connectivity index (χ4n) is 2.04. The largest absolute Gasteiger partial charge is 0.478 e. The first-order valence-electron chi connectivity index (χ1n) is 7.60. The number of rotatable bonds is 5. The number of carbonyl (C=O) groups excluding carboxylic acids is 1. The lowest BCUT2D eigenvalue weighted by molar-refractivity contribution is 0.0696. The molecule has 4 N–H and O–H groups in total. The molecule has 0 aliphatic carbocycles. The summed E-state index contributed by atoms with van der Waals surface area (Å²) in [5.41, 5.74) is 0.886. The van der Waals surface area contributed by atoms with Gasteiger partial charge in [-0.15, -0.1) is 0 Å². The van der Waals surface area contributed by atoms with Crippen molar-refractivity contribution >= 4 is 92.3 Å². The summed E-state index contributed by atoms with van der Waals surface area (Å²) in [6.07, 6.45) is -1.15. The van der Waals surface area contributed by atoms with Crippen molar-refractivity contribution in [3.05, 3.63) is 63.2 Å². The highest BCUT2D eigenvalue weighted by Gasteiger charge is 2.34. The Kier molecular flexibility index (Phi) is 8.14. The summed E-state index contributed by atoms with van der Waals surface area (Å²) in [6.45, 7) is 0. The highest BCUT2D eigenvalue weighted by molar-refractivity contribution is 14.1. The number of thiocarbonyl (C=S) groups is 1. The van der Waals surface area contributed by atoms with Crippen LogP contribution < -0.4 is 16.0 Å². The smallest absolute Gasteiger partial charge is 0.335 e. The molecule has 0 saturated heterocycles. The van der Waals surface area contributed by atoms with Crippen LogP contribution >= 0.6 is 69.6 Å². The van der Waals surface area contributed by atoms with E-state index in [0.29, 0.717) is 11.3 Å². The number of alkyl halides is 3. The predicted molar refractivity (Wildman–Crippen MR) is 123 cm³/mol. The minimum atomic E-state index is -1.91. The lowest BCUT2D eigenvalue weighted by Crippen LogP contribution is -2.56. The van der Waals surface area contributed by atoms with Gasteiger partial charge in [-0.1, -0.05) is 40.9 Å². The SMILES string of the molecule is O=C(O)c1cccc(NC(=S)N[C@@H](NC(=O)c2ccc(I)cc2)C(Cl)(Cl)Cl)c1. The standard InChI is InChI=1S/C17H13Cl3IN3O3S/c18-17(19,20)15(23-13(25)9-4-6-11(21)7-5-9)24-16(28)22-12-3-1-2-10(8-12)14(26)27/h1-8,15H,(H,23,25)(H,26,27)(H2,22,24,28)/t15-/m1/s1. The molecule has 0 radical (unpaired) electrons. The molecule has 0 spiro atoms. The van der Waals surface area contributed by atoms with E-state index in [2.05, 4.69) is 38.5 Å². The van der Waals surface area contributed by atoms with E-state index in [1.54, 1.807) is 36.4 Å². The van der Waals surface area contributed by atoms with Crippen molar-refractivity contribution in [1.82, 2.24) is 10.6 Å². The van der Waals surface area contributed by atoms with Crippen LogP contribution in [0.5, 0.6) is 0 Å². The van der Waals surface area contributed by atoms with E-state index in [1.165, 1.54) is 12.1 Å². The molecule has 0 fully saturated rings. The molecule has 11 heteroatoms. The molecule has 0 bridgehead atoms. The number of hydrogen-bond acceptors (Lipinski definition) is 3. The van der Waals surface area contributed by atoms with Gasteiger partial charge in [0.25, 0.3) is 5.91 Å². The molecular weight excluding hydrogens is 560 g/mol. The second kappa shape index (κ2) is 9.93. The van der Waals surface area contributed by atoms with E-state index in [9.17, 15) is 9.59 Å². The zero-order valence-corrected chi connectivity index (χ0v) is 19.1. The zero-order chi connectivity index (χ0) is 20.9. The molecule has 0 aliphatic heterocycles. The first-order valence-corrected chi connectivity index (χ1v) is 10.2. The molecule has 0 aromatic heterocycles. The molecule has 1 amide bonds. The number of nitrogens with one attached hydrogen (secondary N) is 3. The molecule has 148 valence electrons. The molecule has 0 heterocycles. The highest BCUT2D eigenvalue weighted by Crippen LogP contribution is 2.29. The summed E-state index contributed by atoms with van der Waals surface area (Å²) in [4.78, 5) is 23.5. The molecule has 2 aromatic carbocycles. The lowest BCUT2D eigenvalue weighted by atomic mass is 10.2. The van der Waals surface area contributed by atoms with Crippen LogP contribution in [0.25, 0.3) is 0 Å². The number of anilines is 1. The first-order chi connectivity index (χ1) is 13.1. The third-order valence-corrected chi connectivity index (χ3v) is 4.95. The normalized spacial score (nSPS) is 12.0. The summed E-state index contributed by atoms with van der Waals surface area (Å²) in [5, 5.41) is 17.1. The summed E-state index contributed by atoms with van der Waals surface area (Å²) in [5.74, 6) is -1.54. The Morgan fingerprint density at radius 1 is 1.04 bits per heavy atom. The number of amides is 1. The maximum Gasteiger partial charge on any atom is 0.335 e.